The molecule has 0 aromatic heterocycles. The number of rotatable bonds is 11. The van der Waals surface area contributed by atoms with Crippen LogP contribution in [0.2, 0.25) is 0 Å². The van der Waals surface area contributed by atoms with Crippen LogP contribution in [0.3, 0.4) is 0 Å². The van der Waals surface area contributed by atoms with E-state index in [9.17, 15) is 9.36 Å². The van der Waals surface area contributed by atoms with E-state index < -0.39 is 7.80 Å². The van der Waals surface area contributed by atoms with Gasteiger partial charge in [0.15, 0.2) is 0 Å². The Morgan fingerprint density at radius 1 is 1.14 bits per heavy atom. The lowest BCUT2D eigenvalue weighted by Gasteiger charge is -2.08. The average Bonchev–Trinajstić information content (AvgIpc) is 2.53. The van der Waals surface area contributed by atoms with Gasteiger partial charge >= 0.3 is 5.97 Å². The normalized spacial score (nSPS) is 11.9. The van der Waals surface area contributed by atoms with E-state index in [4.69, 9.17) is 9.47 Å². The number of hydrogen-bond donors (Lipinski definition) is 0. The summed E-state index contributed by atoms with van der Waals surface area (Å²) in [4.78, 5) is 11.5. The smallest absolute Gasteiger partial charge is 0.306 e. The largest absolute Gasteiger partial charge is 0.494 e. The van der Waals surface area contributed by atoms with Gasteiger partial charge in [-0.1, -0.05) is 38.8 Å². The van der Waals surface area contributed by atoms with Crippen molar-refractivity contribution in [1.82, 2.24) is 0 Å². The fraction of sp³-hybridized carbons (Fsp3) is 0.588. The van der Waals surface area contributed by atoms with Crippen molar-refractivity contribution in [3.8, 4) is 5.75 Å². The summed E-state index contributed by atoms with van der Waals surface area (Å²) in [6, 6.07) is 7.36. The van der Waals surface area contributed by atoms with Gasteiger partial charge < -0.3 is 14.0 Å². The molecule has 0 saturated heterocycles. The van der Waals surface area contributed by atoms with Crippen LogP contribution in [-0.2, 0) is 14.1 Å². The lowest BCUT2D eigenvalue weighted by Crippen LogP contribution is -2.08. The molecule has 0 bridgehead atoms. The van der Waals surface area contributed by atoms with Gasteiger partial charge in [-0.3, -0.25) is 4.79 Å². The fourth-order valence-corrected chi connectivity index (χ4v) is 3.16. The topological polar surface area (TPSA) is 52.6 Å². The molecule has 1 atom stereocenters. The Bertz CT molecular complexity index is 473. The summed E-state index contributed by atoms with van der Waals surface area (Å²) in [5.41, 5.74) is 0. The molecular weight excluding hydrogens is 299 g/mol. The summed E-state index contributed by atoms with van der Waals surface area (Å²) >= 11 is 0. The minimum Gasteiger partial charge on any atom is -0.494 e. The minimum absolute atomic E-state index is 0.211. The van der Waals surface area contributed by atoms with Crippen LogP contribution < -0.4 is 10.0 Å². The van der Waals surface area contributed by atoms with Crippen LogP contribution in [0.5, 0.6) is 5.75 Å². The van der Waals surface area contributed by atoms with E-state index in [-0.39, 0.29) is 12.4 Å². The molecule has 4 nitrogen and oxygen atoms in total. The molecule has 0 amide bonds. The van der Waals surface area contributed by atoms with Crippen molar-refractivity contribution < 1.29 is 18.8 Å². The number of hydrogen-bond acceptors (Lipinski definition) is 4. The number of unbranched alkanes of at least 4 members (excludes halogenated alkanes) is 2. The maximum atomic E-state index is 12.3. The highest BCUT2D eigenvalue weighted by molar-refractivity contribution is 7.53. The standard InChI is InChI=1S/C17H27O4P/c1-3-5-11-20-15-8-7-9-16(14-15)22(19)13-10-17(18)21-12-6-4-2/h7-9,14,22H,3-6,10-13H2,1-2H3. The summed E-state index contributed by atoms with van der Waals surface area (Å²) in [5, 5.41) is 0.764. The van der Waals surface area contributed by atoms with E-state index in [0.29, 0.717) is 19.4 Å². The highest BCUT2D eigenvalue weighted by Gasteiger charge is 2.09. The zero-order valence-corrected chi connectivity index (χ0v) is 14.6. The summed E-state index contributed by atoms with van der Waals surface area (Å²) < 4.78 is 23.0. The molecule has 0 fully saturated rings. The summed E-state index contributed by atoms with van der Waals surface area (Å²) in [6.07, 6.45) is 4.52. The molecule has 1 rings (SSSR count). The molecule has 22 heavy (non-hydrogen) atoms. The van der Waals surface area contributed by atoms with Crippen molar-refractivity contribution in [2.24, 2.45) is 0 Å². The molecule has 0 saturated carbocycles. The van der Waals surface area contributed by atoms with Crippen LogP contribution in [0.4, 0.5) is 0 Å². The Balaban J connectivity index is 2.41. The van der Waals surface area contributed by atoms with Crippen molar-refractivity contribution >= 4 is 19.1 Å². The highest BCUT2D eigenvalue weighted by Crippen LogP contribution is 2.23. The molecule has 124 valence electrons. The molecule has 5 heteroatoms. The van der Waals surface area contributed by atoms with Gasteiger partial charge in [-0.05, 0) is 25.0 Å². The Morgan fingerprint density at radius 3 is 2.59 bits per heavy atom. The zero-order chi connectivity index (χ0) is 16.2. The lowest BCUT2D eigenvalue weighted by atomic mass is 10.3. The number of carbonyl (C=O) groups is 1. The molecule has 0 N–H and O–H groups in total. The third kappa shape index (κ3) is 7.65. The lowest BCUT2D eigenvalue weighted by molar-refractivity contribution is -0.143. The third-order valence-electron chi connectivity index (χ3n) is 3.24. The van der Waals surface area contributed by atoms with Gasteiger partial charge in [0.2, 0.25) is 0 Å². The van der Waals surface area contributed by atoms with Gasteiger partial charge in [0.1, 0.15) is 13.6 Å². The van der Waals surface area contributed by atoms with Crippen LogP contribution >= 0.6 is 7.80 Å². The molecule has 0 aliphatic rings. The zero-order valence-electron chi connectivity index (χ0n) is 13.6. The SMILES string of the molecule is CCCCOC(=O)CC[PH](=O)c1cccc(OCCCC)c1. The van der Waals surface area contributed by atoms with Crippen molar-refractivity contribution in [2.45, 2.75) is 46.0 Å². The van der Waals surface area contributed by atoms with Gasteiger partial charge in [0.05, 0.1) is 19.6 Å². The fourth-order valence-electron chi connectivity index (χ4n) is 1.86. The molecule has 0 radical (unpaired) electrons. The molecule has 1 aromatic rings. The average molecular weight is 326 g/mol. The van der Waals surface area contributed by atoms with Crippen LogP contribution in [0.15, 0.2) is 24.3 Å². The quantitative estimate of drug-likeness (QED) is 0.353. The molecule has 1 unspecified atom stereocenters. The number of carbonyl (C=O) groups excluding carboxylic acids is 1. The second-order valence-corrected chi connectivity index (χ2v) is 7.15. The molecule has 0 aliphatic heterocycles. The van der Waals surface area contributed by atoms with Gasteiger partial charge in [-0.2, -0.15) is 0 Å². The Hall–Kier alpha value is -1.28. The molecule has 0 spiro atoms. The first-order valence-corrected chi connectivity index (χ1v) is 9.70. The number of esters is 1. The van der Waals surface area contributed by atoms with Gasteiger partial charge in [0, 0.05) is 11.5 Å². The number of benzene rings is 1. The van der Waals surface area contributed by atoms with Crippen LogP contribution in [0, 0.1) is 0 Å². The summed E-state index contributed by atoms with van der Waals surface area (Å²) in [5.74, 6) is 0.483. The van der Waals surface area contributed by atoms with Crippen molar-refractivity contribution in [3.63, 3.8) is 0 Å². The number of ether oxygens (including phenoxy) is 2. The summed E-state index contributed by atoms with van der Waals surface area (Å²) in [6.45, 7) is 5.28. The summed E-state index contributed by atoms with van der Waals surface area (Å²) in [7, 11) is -1.98. The highest BCUT2D eigenvalue weighted by atomic mass is 31.1. The van der Waals surface area contributed by atoms with Gasteiger partial charge in [0.25, 0.3) is 0 Å². The molecule has 0 aliphatic carbocycles. The third-order valence-corrected chi connectivity index (χ3v) is 4.90. The van der Waals surface area contributed by atoms with Crippen molar-refractivity contribution in [1.29, 1.82) is 0 Å². The van der Waals surface area contributed by atoms with Gasteiger partial charge in [-0.15, -0.1) is 0 Å². The van der Waals surface area contributed by atoms with E-state index >= 15 is 0 Å². The van der Waals surface area contributed by atoms with Gasteiger partial charge in [-0.25, -0.2) is 0 Å². The first kappa shape index (κ1) is 18.8. The van der Waals surface area contributed by atoms with E-state index in [1.807, 2.05) is 31.2 Å². The predicted molar refractivity (Wildman–Crippen MR) is 90.8 cm³/mol. The van der Waals surface area contributed by atoms with E-state index in [0.717, 1.165) is 36.7 Å². The van der Waals surface area contributed by atoms with Crippen molar-refractivity contribution in [3.05, 3.63) is 24.3 Å². The second-order valence-electron chi connectivity index (χ2n) is 5.23. The predicted octanol–water partition coefficient (Wildman–Crippen LogP) is 3.78. The Morgan fingerprint density at radius 2 is 1.86 bits per heavy atom. The van der Waals surface area contributed by atoms with Crippen LogP contribution in [0.25, 0.3) is 0 Å². The van der Waals surface area contributed by atoms with Crippen LogP contribution in [-0.4, -0.2) is 25.3 Å². The molecule has 1 aromatic carbocycles. The maximum absolute atomic E-state index is 12.3. The molecule has 0 heterocycles. The first-order valence-electron chi connectivity index (χ1n) is 8.09. The Kier molecular flexibility index (Phi) is 9.65. The maximum Gasteiger partial charge on any atom is 0.306 e. The molecular formula is C17H27O4P. The monoisotopic (exact) mass is 326 g/mol. The van der Waals surface area contributed by atoms with E-state index in [2.05, 4.69) is 6.92 Å². The second kappa shape index (κ2) is 11.3. The van der Waals surface area contributed by atoms with E-state index in [1.54, 1.807) is 0 Å². The minimum atomic E-state index is -1.98. The first-order chi connectivity index (χ1) is 10.7. The Labute approximate surface area is 134 Å². The van der Waals surface area contributed by atoms with Crippen molar-refractivity contribution in [2.75, 3.05) is 19.4 Å². The van der Waals surface area contributed by atoms with E-state index in [1.165, 1.54) is 0 Å². The van der Waals surface area contributed by atoms with Crippen LogP contribution in [0.1, 0.15) is 46.0 Å².